The molecule has 1 aromatic rings. The molecular weight excluding hydrogens is 235 g/mol. The van der Waals surface area contributed by atoms with Crippen LogP contribution in [-0.2, 0) is 0 Å². The van der Waals surface area contributed by atoms with Crippen molar-refractivity contribution in [2.75, 3.05) is 18.5 Å². The first-order valence-corrected chi connectivity index (χ1v) is 4.82. The van der Waals surface area contributed by atoms with Gasteiger partial charge in [-0.05, 0) is 30.7 Å². The van der Waals surface area contributed by atoms with Crippen LogP contribution < -0.4 is 4.90 Å². The van der Waals surface area contributed by atoms with Crippen LogP contribution in [0.15, 0.2) is 18.2 Å². The molecule has 17 heavy (non-hydrogen) atoms. The Balaban J connectivity index is 2.96. The summed E-state index contributed by atoms with van der Waals surface area (Å²) >= 11 is 0. The highest BCUT2D eigenvalue weighted by Gasteiger charge is 2.29. The van der Waals surface area contributed by atoms with Gasteiger partial charge in [-0.25, -0.2) is 4.79 Å². The number of alkyl halides is 3. The van der Waals surface area contributed by atoms with E-state index in [4.69, 9.17) is 5.11 Å². The lowest BCUT2D eigenvalue weighted by atomic mass is 10.1. The van der Waals surface area contributed by atoms with Crippen molar-refractivity contribution in [1.82, 2.24) is 0 Å². The van der Waals surface area contributed by atoms with Crippen molar-refractivity contribution in [3.63, 3.8) is 0 Å². The molecule has 0 saturated heterocycles. The molecule has 0 aliphatic heterocycles. The van der Waals surface area contributed by atoms with E-state index in [2.05, 4.69) is 0 Å². The number of benzene rings is 1. The first-order valence-electron chi connectivity index (χ1n) is 4.82. The fourth-order valence-corrected chi connectivity index (χ4v) is 1.57. The van der Waals surface area contributed by atoms with E-state index in [1.807, 2.05) is 0 Å². The van der Waals surface area contributed by atoms with Crippen molar-refractivity contribution >= 4 is 11.7 Å². The lowest BCUT2D eigenvalue weighted by Crippen LogP contribution is -2.31. The fraction of sp³-hybridized carbons (Fsp3) is 0.364. The van der Waals surface area contributed by atoms with Crippen LogP contribution in [0.3, 0.4) is 0 Å². The van der Waals surface area contributed by atoms with Crippen LogP contribution in [0.5, 0.6) is 0 Å². The quantitative estimate of drug-likeness (QED) is 0.892. The van der Waals surface area contributed by atoms with Crippen molar-refractivity contribution in [1.29, 1.82) is 0 Å². The third-order valence-electron chi connectivity index (χ3n) is 2.27. The van der Waals surface area contributed by atoms with Crippen molar-refractivity contribution in [2.24, 2.45) is 0 Å². The molecule has 0 unspecified atom stereocenters. The van der Waals surface area contributed by atoms with Gasteiger partial charge in [-0.15, -0.1) is 0 Å². The molecule has 3 nitrogen and oxygen atoms in total. The van der Waals surface area contributed by atoms with Crippen LogP contribution in [0, 0.1) is 6.92 Å². The van der Waals surface area contributed by atoms with Gasteiger partial charge in [0.2, 0.25) is 0 Å². The summed E-state index contributed by atoms with van der Waals surface area (Å²) in [5.41, 5.74) is 0.927. The molecule has 1 aromatic carbocycles. The van der Waals surface area contributed by atoms with Gasteiger partial charge >= 0.3 is 12.1 Å². The zero-order chi connectivity index (χ0) is 13.2. The number of anilines is 1. The van der Waals surface area contributed by atoms with Gasteiger partial charge < -0.3 is 10.0 Å². The molecule has 0 saturated carbocycles. The molecule has 94 valence electrons. The zero-order valence-electron chi connectivity index (χ0n) is 9.38. The van der Waals surface area contributed by atoms with Crippen molar-refractivity contribution < 1.29 is 23.1 Å². The van der Waals surface area contributed by atoms with Gasteiger partial charge in [-0.3, -0.25) is 0 Å². The second-order valence-corrected chi connectivity index (χ2v) is 3.78. The Kier molecular flexibility index (Phi) is 3.65. The molecule has 6 heteroatoms. The van der Waals surface area contributed by atoms with Gasteiger partial charge in [-0.2, -0.15) is 13.2 Å². The van der Waals surface area contributed by atoms with E-state index in [1.54, 1.807) is 6.92 Å². The number of carbonyl (C=O) groups is 1. The SMILES string of the molecule is Cc1cc(C(=O)O)ccc1N(C)CC(F)(F)F. The molecule has 0 radical (unpaired) electrons. The third kappa shape index (κ3) is 3.65. The summed E-state index contributed by atoms with van der Waals surface area (Å²) < 4.78 is 36.6. The highest BCUT2D eigenvalue weighted by molar-refractivity contribution is 5.88. The normalized spacial score (nSPS) is 11.4. The Morgan fingerprint density at radius 2 is 2.00 bits per heavy atom. The predicted molar refractivity (Wildman–Crippen MR) is 57.5 cm³/mol. The third-order valence-corrected chi connectivity index (χ3v) is 2.27. The van der Waals surface area contributed by atoms with Gasteiger partial charge in [0.1, 0.15) is 6.54 Å². The summed E-state index contributed by atoms with van der Waals surface area (Å²) in [7, 11) is 1.32. The highest BCUT2D eigenvalue weighted by atomic mass is 19.4. The average molecular weight is 247 g/mol. The number of hydrogen-bond donors (Lipinski definition) is 1. The summed E-state index contributed by atoms with van der Waals surface area (Å²) in [4.78, 5) is 11.7. The number of aromatic carboxylic acids is 1. The standard InChI is InChI=1S/C11H12F3NO2/c1-7-5-8(10(16)17)3-4-9(7)15(2)6-11(12,13)14/h3-5H,6H2,1-2H3,(H,16,17). The zero-order valence-corrected chi connectivity index (χ0v) is 9.38. The number of rotatable bonds is 3. The molecule has 0 aromatic heterocycles. The Labute approximate surface area is 96.5 Å². The van der Waals surface area contributed by atoms with Crippen LogP contribution in [0.1, 0.15) is 15.9 Å². The molecule has 0 fully saturated rings. The van der Waals surface area contributed by atoms with Crippen LogP contribution in [0.4, 0.5) is 18.9 Å². The molecule has 0 bridgehead atoms. The summed E-state index contributed by atoms with van der Waals surface area (Å²) in [6.07, 6.45) is -4.29. The topological polar surface area (TPSA) is 40.5 Å². The molecule has 0 heterocycles. The van der Waals surface area contributed by atoms with E-state index in [9.17, 15) is 18.0 Å². The van der Waals surface area contributed by atoms with E-state index in [1.165, 1.54) is 25.2 Å². The molecule has 0 aliphatic carbocycles. The second-order valence-electron chi connectivity index (χ2n) is 3.78. The average Bonchev–Trinajstić information content (AvgIpc) is 2.14. The maximum Gasteiger partial charge on any atom is 0.405 e. The van der Waals surface area contributed by atoms with Gasteiger partial charge in [0.15, 0.2) is 0 Å². The largest absolute Gasteiger partial charge is 0.478 e. The van der Waals surface area contributed by atoms with Crippen LogP contribution in [0.2, 0.25) is 0 Å². The summed E-state index contributed by atoms with van der Waals surface area (Å²) in [6, 6.07) is 4.02. The first kappa shape index (κ1) is 13.3. The molecule has 1 N–H and O–H groups in total. The van der Waals surface area contributed by atoms with Crippen molar-refractivity contribution in [3.05, 3.63) is 29.3 Å². The van der Waals surface area contributed by atoms with Crippen LogP contribution >= 0.6 is 0 Å². The molecular formula is C11H12F3NO2. The number of halogens is 3. The minimum absolute atomic E-state index is 0.0617. The maximum absolute atomic E-state index is 12.2. The number of nitrogens with zero attached hydrogens (tertiary/aromatic N) is 1. The second kappa shape index (κ2) is 4.65. The Bertz CT molecular complexity index is 429. The van der Waals surface area contributed by atoms with E-state index < -0.39 is 18.7 Å². The van der Waals surface area contributed by atoms with Gasteiger partial charge in [0.05, 0.1) is 5.56 Å². The van der Waals surface area contributed by atoms with Gasteiger partial charge in [0.25, 0.3) is 0 Å². The smallest absolute Gasteiger partial charge is 0.405 e. The van der Waals surface area contributed by atoms with E-state index >= 15 is 0 Å². The number of aryl methyl sites for hydroxylation is 1. The van der Waals surface area contributed by atoms with Crippen LogP contribution in [0.25, 0.3) is 0 Å². The summed E-state index contributed by atoms with van der Waals surface area (Å²) in [5.74, 6) is -1.10. The van der Waals surface area contributed by atoms with E-state index in [0.717, 1.165) is 4.90 Å². The first-order chi connectivity index (χ1) is 7.70. The Morgan fingerprint density at radius 1 is 1.41 bits per heavy atom. The monoisotopic (exact) mass is 247 g/mol. The lowest BCUT2D eigenvalue weighted by Gasteiger charge is -2.22. The minimum atomic E-state index is -4.29. The van der Waals surface area contributed by atoms with E-state index in [0.29, 0.717) is 11.3 Å². The summed E-state index contributed by atoms with van der Waals surface area (Å²) in [5, 5.41) is 8.73. The minimum Gasteiger partial charge on any atom is -0.478 e. The van der Waals surface area contributed by atoms with Gasteiger partial charge in [-0.1, -0.05) is 0 Å². The predicted octanol–water partition coefficient (Wildman–Crippen LogP) is 2.69. The Hall–Kier alpha value is -1.72. The number of carboxylic acids is 1. The fourth-order valence-electron chi connectivity index (χ4n) is 1.57. The van der Waals surface area contributed by atoms with Crippen molar-refractivity contribution in [3.8, 4) is 0 Å². The molecule has 0 aliphatic rings. The van der Waals surface area contributed by atoms with Crippen LogP contribution in [-0.4, -0.2) is 30.8 Å². The number of hydrogen-bond acceptors (Lipinski definition) is 2. The molecule has 0 amide bonds. The van der Waals surface area contributed by atoms with Crippen molar-refractivity contribution in [2.45, 2.75) is 13.1 Å². The molecule has 1 rings (SSSR count). The summed E-state index contributed by atoms with van der Waals surface area (Å²) in [6.45, 7) is 0.509. The van der Waals surface area contributed by atoms with E-state index in [-0.39, 0.29) is 5.56 Å². The lowest BCUT2D eigenvalue weighted by molar-refractivity contribution is -0.119. The number of carboxylic acid groups (broad SMARTS) is 1. The molecule has 0 atom stereocenters. The Morgan fingerprint density at radius 3 is 2.41 bits per heavy atom. The highest BCUT2D eigenvalue weighted by Crippen LogP contribution is 2.24. The maximum atomic E-state index is 12.2. The van der Waals surface area contributed by atoms with Gasteiger partial charge in [0, 0.05) is 12.7 Å². The molecule has 0 spiro atoms.